The summed E-state index contributed by atoms with van der Waals surface area (Å²) in [6, 6.07) is 18.3. The molecule has 1 N–H and O–H groups in total. The summed E-state index contributed by atoms with van der Waals surface area (Å²) >= 11 is 0. The van der Waals surface area contributed by atoms with Crippen LogP contribution in [-0.2, 0) is 27.3 Å². The van der Waals surface area contributed by atoms with Gasteiger partial charge in [0.1, 0.15) is 6.61 Å². The third kappa shape index (κ3) is 5.71. The molecule has 2 amide bonds. The van der Waals surface area contributed by atoms with E-state index in [4.69, 9.17) is 4.74 Å². The molecule has 0 aromatic heterocycles. The van der Waals surface area contributed by atoms with Crippen LogP contribution in [0.1, 0.15) is 30.9 Å². The van der Waals surface area contributed by atoms with Gasteiger partial charge >= 0.3 is 0 Å². The van der Waals surface area contributed by atoms with Crippen molar-refractivity contribution < 1.29 is 14.3 Å². The minimum absolute atomic E-state index is 0.0297. The van der Waals surface area contributed by atoms with Crippen LogP contribution in [0.2, 0.25) is 0 Å². The fourth-order valence-corrected chi connectivity index (χ4v) is 4.52. The lowest BCUT2D eigenvalue weighted by molar-refractivity contribution is -0.172. The van der Waals surface area contributed by atoms with Gasteiger partial charge in [-0.15, -0.1) is 0 Å². The minimum atomic E-state index is -0.244. The van der Waals surface area contributed by atoms with Crippen molar-refractivity contribution in [3.8, 4) is 0 Å². The van der Waals surface area contributed by atoms with Gasteiger partial charge in [0.05, 0.1) is 12.1 Å². The number of benzene rings is 2. The van der Waals surface area contributed by atoms with Crippen LogP contribution >= 0.6 is 0 Å². The van der Waals surface area contributed by atoms with Crippen LogP contribution in [0.4, 0.5) is 5.69 Å². The molecule has 0 saturated carbocycles. The third-order valence-electron chi connectivity index (χ3n) is 6.28. The van der Waals surface area contributed by atoms with Gasteiger partial charge in [-0.1, -0.05) is 42.5 Å². The summed E-state index contributed by atoms with van der Waals surface area (Å²) in [6.45, 7) is 5.85. The van der Waals surface area contributed by atoms with Crippen LogP contribution in [0.5, 0.6) is 0 Å². The fraction of sp³-hybridized carbons (Fsp3) is 0.440. The molecule has 2 aromatic rings. The number of likely N-dealkylation sites (tertiary alicyclic amines) is 1. The number of hydrogen-bond donors (Lipinski definition) is 1. The van der Waals surface area contributed by atoms with E-state index in [1.54, 1.807) is 0 Å². The number of carbonyl (C=O) groups is 2. The maximum absolute atomic E-state index is 12.5. The van der Waals surface area contributed by atoms with Crippen molar-refractivity contribution >= 4 is 17.5 Å². The zero-order valence-corrected chi connectivity index (χ0v) is 18.2. The first-order valence-corrected chi connectivity index (χ1v) is 11.1. The van der Waals surface area contributed by atoms with E-state index in [1.807, 2.05) is 29.2 Å². The largest absolute Gasteiger partial charge is 0.363 e. The summed E-state index contributed by atoms with van der Waals surface area (Å²) in [5, 5.41) is 2.81. The molecule has 0 bridgehead atoms. The van der Waals surface area contributed by atoms with Gasteiger partial charge in [0.2, 0.25) is 11.8 Å². The minimum Gasteiger partial charge on any atom is -0.363 e. The highest BCUT2D eigenvalue weighted by molar-refractivity contribution is 5.88. The second-order valence-electron chi connectivity index (χ2n) is 8.68. The Morgan fingerprint density at radius 2 is 1.81 bits per heavy atom. The predicted molar refractivity (Wildman–Crippen MR) is 121 cm³/mol. The number of morpholine rings is 1. The molecule has 6 nitrogen and oxygen atoms in total. The molecule has 4 rings (SSSR count). The number of carbonyl (C=O) groups excluding carboxylic acids is 2. The standard InChI is InChI=1S/C25H31N3O3/c1-20(29)26-23-9-5-8-22(16-23)17-28-19-25(31-18-24(28)30)11-14-27(15-12-25)13-10-21-6-3-2-4-7-21/h2-9,16H,10-15,17-19H2,1H3,(H,26,29). The Morgan fingerprint density at radius 3 is 2.55 bits per heavy atom. The average molecular weight is 422 g/mol. The molecule has 2 saturated heterocycles. The molecular weight excluding hydrogens is 390 g/mol. The summed E-state index contributed by atoms with van der Waals surface area (Å²) in [5.74, 6) is -0.0698. The average Bonchev–Trinajstić information content (AvgIpc) is 2.77. The number of ether oxygens (including phenoxy) is 1. The van der Waals surface area contributed by atoms with Gasteiger partial charge in [-0.3, -0.25) is 9.59 Å². The number of nitrogens with one attached hydrogen (secondary N) is 1. The Kier molecular flexibility index (Phi) is 6.68. The highest BCUT2D eigenvalue weighted by Gasteiger charge is 2.42. The van der Waals surface area contributed by atoms with Gasteiger partial charge in [-0.2, -0.15) is 0 Å². The second-order valence-corrected chi connectivity index (χ2v) is 8.68. The first-order valence-electron chi connectivity index (χ1n) is 11.1. The van der Waals surface area contributed by atoms with E-state index in [-0.39, 0.29) is 24.0 Å². The van der Waals surface area contributed by atoms with Crippen molar-refractivity contribution in [2.45, 2.75) is 38.3 Å². The van der Waals surface area contributed by atoms with E-state index in [9.17, 15) is 9.59 Å². The lowest BCUT2D eigenvalue weighted by Gasteiger charge is -2.47. The number of rotatable bonds is 6. The van der Waals surface area contributed by atoms with E-state index >= 15 is 0 Å². The van der Waals surface area contributed by atoms with Gasteiger partial charge in [0, 0.05) is 38.8 Å². The first kappa shape index (κ1) is 21.5. The van der Waals surface area contributed by atoms with Gasteiger partial charge in [-0.25, -0.2) is 0 Å². The quantitative estimate of drug-likeness (QED) is 0.779. The van der Waals surface area contributed by atoms with Crippen LogP contribution in [0.3, 0.4) is 0 Å². The second kappa shape index (κ2) is 9.62. The third-order valence-corrected chi connectivity index (χ3v) is 6.28. The summed E-state index contributed by atoms with van der Waals surface area (Å²) < 4.78 is 6.10. The van der Waals surface area contributed by atoms with Gasteiger partial charge < -0.3 is 19.9 Å². The molecule has 2 fully saturated rings. The van der Waals surface area contributed by atoms with Crippen molar-refractivity contribution in [1.82, 2.24) is 9.80 Å². The maximum atomic E-state index is 12.5. The summed E-state index contributed by atoms with van der Waals surface area (Å²) in [4.78, 5) is 28.3. The molecule has 2 heterocycles. The van der Waals surface area contributed by atoms with Crippen molar-refractivity contribution in [1.29, 1.82) is 0 Å². The number of anilines is 1. The van der Waals surface area contributed by atoms with Crippen LogP contribution < -0.4 is 5.32 Å². The Balaban J connectivity index is 1.32. The lowest BCUT2D eigenvalue weighted by Crippen LogP contribution is -2.58. The lowest BCUT2D eigenvalue weighted by atomic mass is 9.89. The van der Waals surface area contributed by atoms with Crippen molar-refractivity contribution in [3.63, 3.8) is 0 Å². The fourth-order valence-electron chi connectivity index (χ4n) is 4.52. The van der Waals surface area contributed by atoms with Crippen molar-refractivity contribution in [2.24, 2.45) is 0 Å². The predicted octanol–water partition coefficient (Wildman–Crippen LogP) is 3.08. The molecule has 2 aliphatic rings. The van der Waals surface area contributed by atoms with Gasteiger partial charge in [0.15, 0.2) is 0 Å². The molecule has 2 aliphatic heterocycles. The molecule has 6 heteroatoms. The zero-order chi connectivity index (χ0) is 21.7. The zero-order valence-electron chi connectivity index (χ0n) is 18.2. The Morgan fingerprint density at radius 1 is 1.06 bits per heavy atom. The van der Waals surface area contributed by atoms with E-state index in [2.05, 4.69) is 40.5 Å². The van der Waals surface area contributed by atoms with Crippen LogP contribution in [-0.4, -0.2) is 60.0 Å². The van der Waals surface area contributed by atoms with E-state index < -0.39 is 0 Å². The normalized spacial score (nSPS) is 18.9. The maximum Gasteiger partial charge on any atom is 0.248 e. The Labute approximate surface area is 184 Å². The van der Waals surface area contributed by atoms with Gasteiger partial charge in [-0.05, 0) is 42.5 Å². The molecule has 0 aliphatic carbocycles. The highest BCUT2D eigenvalue weighted by Crippen LogP contribution is 2.31. The molecule has 2 aromatic carbocycles. The first-order chi connectivity index (χ1) is 15.0. The van der Waals surface area contributed by atoms with Crippen molar-refractivity contribution in [3.05, 3.63) is 65.7 Å². The summed E-state index contributed by atoms with van der Waals surface area (Å²) in [5.41, 5.74) is 2.89. The smallest absolute Gasteiger partial charge is 0.248 e. The molecule has 0 unspecified atom stereocenters. The molecule has 0 radical (unpaired) electrons. The van der Waals surface area contributed by atoms with E-state index in [0.29, 0.717) is 13.1 Å². The topological polar surface area (TPSA) is 61.9 Å². The number of nitrogens with zero attached hydrogens (tertiary/aromatic N) is 2. The van der Waals surface area contributed by atoms with E-state index in [0.717, 1.165) is 50.1 Å². The Bertz CT molecular complexity index is 907. The molecule has 164 valence electrons. The molecule has 1 spiro atoms. The SMILES string of the molecule is CC(=O)Nc1cccc(CN2CC3(CCN(CCc4ccccc4)CC3)OCC2=O)c1. The Hall–Kier alpha value is -2.70. The van der Waals surface area contributed by atoms with Crippen LogP contribution in [0.25, 0.3) is 0 Å². The van der Waals surface area contributed by atoms with Gasteiger partial charge in [0.25, 0.3) is 0 Å². The molecular formula is C25H31N3O3. The molecule has 31 heavy (non-hydrogen) atoms. The monoisotopic (exact) mass is 421 g/mol. The number of piperidine rings is 1. The highest BCUT2D eigenvalue weighted by atomic mass is 16.5. The van der Waals surface area contributed by atoms with Crippen LogP contribution in [0.15, 0.2) is 54.6 Å². The number of amides is 2. The summed E-state index contributed by atoms with van der Waals surface area (Å²) in [7, 11) is 0. The summed E-state index contributed by atoms with van der Waals surface area (Å²) in [6.07, 6.45) is 2.94. The van der Waals surface area contributed by atoms with E-state index in [1.165, 1.54) is 12.5 Å². The van der Waals surface area contributed by atoms with Crippen LogP contribution in [0, 0.1) is 0 Å². The van der Waals surface area contributed by atoms with Crippen molar-refractivity contribution in [2.75, 3.05) is 38.1 Å². The molecule has 0 atom stereocenters. The number of hydrogen-bond acceptors (Lipinski definition) is 4.